The van der Waals surface area contributed by atoms with Crippen LogP contribution in [0.25, 0.3) is 0 Å². The molecule has 1 fully saturated rings. The van der Waals surface area contributed by atoms with Gasteiger partial charge in [-0.3, -0.25) is 0 Å². The van der Waals surface area contributed by atoms with Crippen molar-refractivity contribution >= 4 is 0 Å². The molecule has 1 aromatic carbocycles. The van der Waals surface area contributed by atoms with Crippen LogP contribution < -0.4 is 4.74 Å². The Kier molecular flexibility index (Phi) is 3.05. The van der Waals surface area contributed by atoms with Crippen LogP contribution in [0.15, 0.2) is 18.2 Å². The van der Waals surface area contributed by atoms with Crippen LogP contribution in [0, 0.1) is 17.7 Å². The van der Waals surface area contributed by atoms with Crippen LogP contribution in [0.5, 0.6) is 5.75 Å². The molecule has 1 saturated carbocycles. The van der Waals surface area contributed by atoms with Gasteiger partial charge in [0.15, 0.2) is 0 Å². The summed E-state index contributed by atoms with van der Waals surface area (Å²) in [5.74, 6) is 1.35. The van der Waals surface area contributed by atoms with Crippen LogP contribution in [0.4, 0.5) is 4.39 Å². The van der Waals surface area contributed by atoms with Gasteiger partial charge in [0.1, 0.15) is 17.2 Å². The van der Waals surface area contributed by atoms with Gasteiger partial charge in [0.25, 0.3) is 0 Å². The molecule has 3 heteroatoms. The molecule has 1 N–H and O–H groups in total. The minimum Gasteiger partial charge on any atom is -0.486 e. The molecule has 104 valence electrons. The van der Waals surface area contributed by atoms with Gasteiger partial charge in [-0.1, -0.05) is 20.3 Å². The Hall–Kier alpha value is -1.09. The Morgan fingerprint density at radius 2 is 2.16 bits per heavy atom. The maximum atomic E-state index is 13.3. The normalized spacial score (nSPS) is 37.8. The van der Waals surface area contributed by atoms with Gasteiger partial charge in [-0.05, 0) is 42.9 Å². The Morgan fingerprint density at radius 3 is 2.95 bits per heavy atom. The first-order chi connectivity index (χ1) is 9.02. The van der Waals surface area contributed by atoms with Crippen molar-refractivity contribution in [3.63, 3.8) is 0 Å². The van der Waals surface area contributed by atoms with Gasteiger partial charge >= 0.3 is 0 Å². The molecule has 0 radical (unpaired) electrons. The Bertz CT molecular complexity index is 488. The Balaban J connectivity index is 1.98. The fourth-order valence-electron chi connectivity index (χ4n) is 3.72. The predicted octanol–water partition coefficient (Wildman–Crippen LogP) is 3.84. The van der Waals surface area contributed by atoms with E-state index in [9.17, 15) is 9.50 Å². The monoisotopic (exact) mass is 264 g/mol. The Morgan fingerprint density at radius 1 is 1.37 bits per heavy atom. The second-order valence-corrected chi connectivity index (χ2v) is 6.23. The molecule has 0 saturated heterocycles. The first-order valence-electron chi connectivity index (χ1n) is 7.18. The maximum absolute atomic E-state index is 13.3. The molecule has 1 aliphatic heterocycles. The number of ether oxygens (including phenoxy) is 1. The number of hydrogen-bond acceptors (Lipinski definition) is 2. The lowest BCUT2D eigenvalue weighted by Gasteiger charge is -2.49. The molecular weight excluding hydrogens is 243 g/mol. The SMILES string of the molecule is CC1CCCC2(CC(O)c3cc(F)ccc3O2)C1C. The lowest BCUT2D eigenvalue weighted by atomic mass is 9.67. The Labute approximate surface area is 113 Å². The molecule has 2 nitrogen and oxygen atoms in total. The van der Waals surface area contributed by atoms with E-state index in [2.05, 4.69) is 13.8 Å². The fraction of sp³-hybridized carbons (Fsp3) is 0.625. The van der Waals surface area contributed by atoms with Crippen LogP contribution in [0.3, 0.4) is 0 Å². The zero-order valence-corrected chi connectivity index (χ0v) is 11.5. The summed E-state index contributed by atoms with van der Waals surface area (Å²) >= 11 is 0. The summed E-state index contributed by atoms with van der Waals surface area (Å²) in [6.45, 7) is 4.46. The van der Waals surface area contributed by atoms with Gasteiger partial charge < -0.3 is 9.84 Å². The number of halogens is 1. The summed E-state index contributed by atoms with van der Waals surface area (Å²) in [4.78, 5) is 0. The molecule has 0 amide bonds. The highest BCUT2D eigenvalue weighted by atomic mass is 19.1. The van der Waals surface area contributed by atoms with Crippen molar-refractivity contribution in [3.8, 4) is 5.75 Å². The molecule has 3 rings (SSSR count). The molecule has 19 heavy (non-hydrogen) atoms. The van der Waals surface area contributed by atoms with Gasteiger partial charge in [0.05, 0.1) is 6.10 Å². The third kappa shape index (κ3) is 2.04. The van der Waals surface area contributed by atoms with E-state index in [0.717, 1.165) is 12.8 Å². The third-order valence-electron chi connectivity index (χ3n) is 5.13. The van der Waals surface area contributed by atoms with Gasteiger partial charge in [-0.25, -0.2) is 4.39 Å². The van der Waals surface area contributed by atoms with E-state index >= 15 is 0 Å². The highest BCUT2D eigenvalue weighted by molar-refractivity contribution is 5.38. The molecule has 1 heterocycles. The largest absolute Gasteiger partial charge is 0.486 e. The van der Waals surface area contributed by atoms with E-state index in [1.165, 1.54) is 18.6 Å². The summed E-state index contributed by atoms with van der Waals surface area (Å²) in [6.07, 6.45) is 3.29. The third-order valence-corrected chi connectivity index (χ3v) is 5.13. The van der Waals surface area contributed by atoms with Gasteiger partial charge in [0, 0.05) is 12.0 Å². The highest BCUT2D eigenvalue weighted by Crippen LogP contribution is 2.50. The van der Waals surface area contributed by atoms with Crippen molar-refractivity contribution in [3.05, 3.63) is 29.6 Å². The molecular formula is C16H21FO2. The summed E-state index contributed by atoms with van der Waals surface area (Å²) in [5, 5.41) is 10.4. The quantitative estimate of drug-likeness (QED) is 0.771. The summed E-state index contributed by atoms with van der Waals surface area (Å²) in [6, 6.07) is 4.45. The second kappa shape index (κ2) is 4.48. The molecule has 0 bridgehead atoms. The van der Waals surface area contributed by atoms with Crippen molar-refractivity contribution < 1.29 is 14.2 Å². The van der Waals surface area contributed by atoms with Crippen molar-refractivity contribution in [1.29, 1.82) is 0 Å². The molecule has 1 aromatic rings. The van der Waals surface area contributed by atoms with Crippen LogP contribution in [-0.4, -0.2) is 10.7 Å². The molecule has 1 aliphatic carbocycles. The van der Waals surface area contributed by atoms with Crippen molar-refractivity contribution in [2.45, 2.75) is 51.2 Å². The van der Waals surface area contributed by atoms with Crippen LogP contribution in [0.2, 0.25) is 0 Å². The fourth-order valence-corrected chi connectivity index (χ4v) is 3.72. The zero-order chi connectivity index (χ0) is 13.6. The zero-order valence-electron chi connectivity index (χ0n) is 11.5. The standard InChI is InChI=1S/C16H21FO2/c1-10-4-3-7-16(11(10)2)9-14(18)13-8-12(17)5-6-15(13)19-16/h5-6,8,10-11,14,18H,3-4,7,9H2,1-2H3. The molecule has 1 spiro atoms. The second-order valence-electron chi connectivity index (χ2n) is 6.23. The first-order valence-corrected chi connectivity index (χ1v) is 7.18. The molecule has 0 aromatic heterocycles. The van der Waals surface area contributed by atoms with Crippen molar-refractivity contribution in [2.75, 3.05) is 0 Å². The number of fused-ring (bicyclic) bond motifs is 1. The van der Waals surface area contributed by atoms with E-state index < -0.39 is 6.10 Å². The first kappa shape index (κ1) is 12.9. The van der Waals surface area contributed by atoms with Crippen LogP contribution in [0.1, 0.15) is 51.2 Å². The number of aliphatic hydroxyl groups is 1. The average Bonchev–Trinajstić information content (AvgIpc) is 2.37. The van der Waals surface area contributed by atoms with E-state index in [1.54, 1.807) is 6.07 Å². The number of hydrogen-bond donors (Lipinski definition) is 1. The van der Waals surface area contributed by atoms with Crippen LogP contribution >= 0.6 is 0 Å². The average molecular weight is 264 g/mol. The van der Waals surface area contributed by atoms with Crippen LogP contribution in [-0.2, 0) is 0 Å². The van der Waals surface area contributed by atoms with E-state index in [-0.39, 0.29) is 11.4 Å². The van der Waals surface area contributed by atoms with Crippen molar-refractivity contribution in [2.24, 2.45) is 11.8 Å². The van der Waals surface area contributed by atoms with Gasteiger partial charge in [-0.2, -0.15) is 0 Å². The summed E-state index contributed by atoms with van der Waals surface area (Å²) < 4.78 is 19.5. The summed E-state index contributed by atoms with van der Waals surface area (Å²) in [5.41, 5.74) is 0.318. The smallest absolute Gasteiger partial charge is 0.126 e. The number of benzene rings is 1. The summed E-state index contributed by atoms with van der Waals surface area (Å²) in [7, 11) is 0. The molecule has 2 aliphatic rings. The van der Waals surface area contributed by atoms with E-state index in [1.807, 2.05) is 0 Å². The maximum Gasteiger partial charge on any atom is 0.126 e. The highest BCUT2D eigenvalue weighted by Gasteiger charge is 2.48. The van der Waals surface area contributed by atoms with Gasteiger partial charge in [0.2, 0.25) is 0 Å². The molecule has 4 unspecified atom stereocenters. The van der Waals surface area contributed by atoms with E-state index in [0.29, 0.717) is 29.6 Å². The lowest BCUT2D eigenvalue weighted by Crippen LogP contribution is -2.51. The van der Waals surface area contributed by atoms with E-state index in [4.69, 9.17) is 4.74 Å². The van der Waals surface area contributed by atoms with Crippen molar-refractivity contribution in [1.82, 2.24) is 0 Å². The lowest BCUT2D eigenvalue weighted by molar-refractivity contribution is -0.0880. The molecule has 4 atom stereocenters. The number of rotatable bonds is 0. The van der Waals surface area contributed by atoms with Gasteiger partial charge in [-0.15, -0.1) is 0 Å². The topological polar surface area (TPSA) is 29.5 Å². The number of aliphatic hydroxyl groups excluding tert-OH is 1. The minimum atomic E-state index is -0.618. The minimum absolute atomic E-state index is 0.276. The predicted molar refractivity (Wildman–Crippen MR) is 71.5 cm³/mol.